The summed E-state index contributed by atoms with van der Waals surface area (Å²) < 4.78 is 11.1. The molecule has 0 aromatic carbocycles. The highest BCUT2D eigenvalue weighted by molar-refractivity contribution is 4.86. The summed E-state index contributed by atoms with van der Waals surface area (Å²) in [7, 11) is 0. The summed E-state index contributed by atoms with van der Waals surface area (Å²) in [6.45, 7) is 6.38. The van der Waals surface area contributed by atoms with Gasteiger partial charge in [-0.25, -0.2) is 0 Å². The number of ether oxygens (including phenoxy) is 2. The van der Waals surface area contributed by atoms with Gasteiger partial charge in [-0.05, 0) is 20.3 Å². The van der Waals surface area contributed by atoms with E-state index in [2.05, 4.69) is 6.92 Å². The Morgan fingerprint density at radius 1 is 1.42 bits per heavy atom. The van der Waals surface area contributed by atoms with E-state index in [1.807, 2.05) is 13.8 Å². The third-order valence-corrected chi connectivity index (χ3v) is 2.14. The molecule has 1 N–H and O–H groups in total. The van der Waals surface area contributed by atoms with E-state index in [1.165, 1.54) is 0 Å². The van der Waals surface area contributed by atoms with Crippen molar-refractivity contribution in [3.05, 3.63) is 0 Å². The van der Waals surface area contributed by atoms with Gasteiger partial charge in [0.25, 0.3) is 0 Å². The van der Waals surface area contributed by atoms with Crippen molar-refractivity contribution in [3.63, 3.8) is 0 Å². The normalized spacial score (nSPS) is 34.0. The summed E-state index contributed by atoms with van der Waals surface area (Å²) in [5.74, 6) is -0.530. The van der Waals surface area contributed by atoms with Gasteiger partial charge in [0.05, 0.1) is 13.2 Å². The lowest BCUT2D eigenvalue weighted by atomic mass is 10.0. The number of hydrogen-bond acceptors (Lipinski definition) is 3. The first-order valence-corrected chi connectivity index (χ1v) is 4.49. The molecule has 0 bridgehead atoms. The molecule has 0 amide bonds. The highest BCUT2D eigenvalue weighted by atomic mass is 16.8. The molecule has 1 fully saturated rings. The van der Waals surface area contributed by atoms with Gasteiger partial charge >= 0.3 is 0 Å². The minimum atomic E-state index is -0.530. The van der Waals surface area contributed by atoms with E-state index < -0.39 is 11.4 Å². The van der Waals surface area contributed by atoms with Crippen molar-refractivity contribution in [1.82, 2.24) is 0 Å². The molecular formula is C9H18O3. The molecule has 0 aliphatic carbocycles. The standard InChI is InChI=1S/C9H18O3/c1-4-5-9(6-10)7-11-8(2,3)12-9/h10H,4-7H2,1-3H3. The van der Waals surface area contributed by atoms with Gasteiger partial charge in [0.1, 0.15) is 5.60 Å². The second kappa shape index (κ2) is 3.32. The predicted molar refractivity (Wildman–Crippen MR) is 45.8 cm³/mol. The minimum absolute atomic E-state index is 0.0459. The monoisotopic (exact) mass is 174 g/mol. The Labute approximate surface area is 73.7 Å². The van der Waals surface area contributed by atoms with Crippen LogP contribution in [0.2, 0.25) is 0 Å². The number of aliphatic hydroxyl groups is 1. The van der Waals surface area contributed by atoms with Crippen LogP contribution in [0.5, 0.6) is 0 Å². The third-order valence-electron chi connectivity index (χ3n) is 2.14. The summed E-state index contributed by atoms with van der Waals surface area (Å²) in [5.41, 5.74) is -0.446. The summed E-state index contributed by atoms with van der Waals surface area (Å²) >= 11 is 0. The van der Waals surface area contributed by atoms with Crippen molar-refractivity contribution >= 4 is 0 Å². The molecule has 0 radical (unpaired) electrons. The zero-order valence-electron chi connectivity index (χ0n) is 8.09. The summed E-state index contributed by atoms with van der Waals surface area (Å²) in [4.78, 5) is 0. The number of hydrogen-bond donors (Lipinski definition) is 1. The molecule has 3 nitrogen and oxygen atoms in total. The molecule has 1 saturated heterocycles. The molecule has 1 atom stereocenters. The van der Waals surface area contributed by atoms with Crippen molar-refractivity contribution in [2.75, 3.05) is 13.2 Å². The van der Waals surface area contributed by atoms with Gasteiger partial charge in [-0.2, -0.15) is 0 Å². The lowest BCUT2D eigenvalue weighted by Gasteiger charge is -2.26. The van der Waals surface area contributed by atoms with Crippen LogP contribution in [0.4, 0.5) is 0 Å². The number of aliphatic hydroxyl groups excluding tert-OH is 1. The van der Waals surface area contributed by atoms with Crippen LogP contribution in [0.1, 0.15) is 33.6 Å². The molecule has 1 unspecified atom stereocenters. The maximum Gasteiger partial charge on any atom is 0.163 e. The van der Waals surface area contributed by atoms with Crippen molar-refractivity contribution in [3.8, 4) is 0 Å². The molecule has 72 valence electrons. The Morgan fingerprint density at radius 2 is 2.08 bits per heavy atom. The molecule has 1 heterocycles. The Bertz CT molecular complexity index is 156. The molecule has 0 spiro atoms. The number of rotatable bonds is 3. The van der Waals surface area contributed by atoms with Gasteiger partial charge in [0, 0.05) is 0 Å². The first kappa shape index (κ1) is 9.96. The van der Waals surface area contributed by atoms with Crippen LogP contribution in [0.15, 0.2) is 0 Å². The van der Waals surface area contributed by atoms with Crippen molar-refractivity contribution in [1.29, 1.82) is 0 Å². The van der Waals surface area contributed by atoms with Crippen LogP contribution in [0.3, 0.4) is 0 Å². The predicted octanol–water partition coefficient (Wildman–Crippen LogP) is 1.30. The van der Waals surface area contributed by atoms with Gasteiger partial charge in [-0.15, -0.1) is 0 Å². The molecule has 1 aliphatic heterocycles. The van der Waals surface area contributed by atoms with Crippen molar-refractivity contribution in [2.45, 2.75) is 45.0 Å². The fraction of sp³-hybridized carbons (Fsp3) is 1.00. The van der Waals surface area contributed by atoms with Crippen LogP contribution in [-0.4, -0.2) is 29.7 Å². The van der Waals surface area contributed by atoms with Crippen LogP contribution in [0, 0.1) is 0 Å². The first-order valence-electron chi connectivity index (χ1n) is 4.49. The highest BCUT2D eigenvalue weighted by Gasteiger charge is 2.44. The van der Waals surface area contributed by atoms with Gasteiger partial charge in [0.2, 0.25) is 0 Å². The average Bonchev–Trinajstić information content (AvgIpc) is 2.29. The zero-order chi connectivity index (χ0) is 9.24. The lowest BCUT2D eigenvalue weighted by molar-refractivity contribution is -0.170. The average molecular weight is 174 g/mol. The Balaban J connectivity index is 2.59. The Hall–Kier alpha value is -0.120. The van der Waals surface area contributed by atoms with E-state index in [1.54, 1.807) is 0 Å². The molecule has 12 heavy (non-hydrogen) atoms. The topological polar surface area (TPSA) is 38.7 Å². The lowest BCUT2D eigenvalue weighted by Crippen LogP contribution is -2.37. The smallest absolute Gasteiger partial charge is 0.163 e. The fourth-order valence-electron chi connectivity index (χ4n) is 1.62. The van der Waals surface area contributed by atoms with Gasteiger partial charge in [0.15, 0.2) is 5.79 Å². The van der Waals surface area contributed by atoms with E-state index in [4.69, 9.17) is 9.47 Å². The third kappa shape index (κ3) is 1.97. The van der Waals surface area contributed by atoms with Crippen molar-refractivity contribution in [2.24, 2.45) is 0 Å². The van der Waals surface area contributed by atoms with E-state index in [0.717, 1.165) is 12.8 Å². The molecule has 3 heteroatoms. The van der Waals surface area contributed by atoms with E-state index >= 15 is 0 Å². The first-order chi connectivity index (χ1) is 5.54. The molecule has 0 aromatic heterocycles. The van der Waals surface area contributed by atoms with E-state index in [9.17, 15) is 5.11 Å². The Kier molecular flexibility index (Phi) is 2.76. The molecule has 1 aliphatic rings. The fourth-order valence-corrected chi connectivity index (χ4v) is 1.62. The quantitative estimate of drug-likeness (QED) is 0.701. The molecule has 1 rings (SSSR count). The molecule has 0 saturated carbocycles. The SMILES string of the molecule is CCCC1(CO)COC(C)(C)O1. The maximum absolute atomic E-state index is 9.17. The Morgan fingerprint density at radius 3 is 2.42 bits per heavy atom. The van der Waals surface area contributed by atoms with Crippen LogP contribution in [0.25, 0.3) is 0 Å². The summed E-state index contributed by atoms with van der Waals surface area (Å²) in [6.07, 6.45) is 1.85. The van der Waals surface area contributed by atoms with Crippen LogP contribution < -0.4 is 0 Å². The maximum atomic E-state index is 9.17. The molecule has 0 aromatic rings. The van der Waals surface area contributed by atoms with E-state index in [-0.39, 0.29) is 6.61 Å². The van der Waals surface area contributed by atoms with Gasteiger partial charge < -0.3 is 14.6 Å². The van der Waals surface area contributed by atoms with Crippen LogP contribution in [-0.2, 0) is 9.47 Å². The molecular weight excluding hydrogens is 156 g/mol. The van der Waals surface area contributed by atoms with Gasteiger partial charge in [-0.3, -0.25) is 0 Å². The second-order valence-corrected chi connectivity index (χ2v) is 3.88. The largest absolute Gasteiger partial charge is 0.393 e. The minimum Gasteiger partial charge on any atom is -0.393 e. The highest BCUT2D eigenvalue weighted by Crippen LogP contribution is 2.33. The van der Waals surface area contributed by atoms with Crippen molar-refractivity contribution < 1.29 is 14.6 Å². The van der Waals surface area contributed by atoms with Gasteiger partial charge in [-0.1, -0.05) is 13.3 Å². The summed E-state index contributed by atoms with van der Waals surface area (Å²) in [6, 6.07) is 0. The second-order valence-electron chi connectivity index (χ2n) is 3.88. The summed E-state index contributed by atoms with van der Waals surface area (Å²) in [5, 5.41) is 9.17. The van der Waals surface area contributed by atoms with E-state index in [0.29, 0.717) is 6.61 Å². The zero-order valence-corrected chi connectivity index (χ0v) is 8.09. The van der Waals surface area contributed by atoms with Crippen LogP contribution >= 0.6 is 0 Å².